The molecule has 1 unspecified atom stereocenters. The number of nitrogens with zero attached hydrogens (tertiary/aromatic N) is 1. The second-order valence-corrected chi connectivity index (χ2v) is 7.32. The summed E-state index contributed by atoms with van der Waals surface area (Å²) in [5.74, 6) is -2.48. The van der Waals surface area contributed by atoms with Crippen molar-refractivity contribution in [3.8, 4) is 5.75 Å². The van der Waals surface area contributed by atoms with Crippen LogP contribution in [0.3, 0.4) is 0 Å². The van der Waals surface area contributed by atoms with Gasteiger partial charge in [0.15, 0.2) is 11.5 Å². The molecule has 1 amide bonds. The van der Waals surface area contributed by atoms with Gasteiger partial charge >= 0.3 is 6.36 Å². The van der Waals surface area contributed by atoms with E-state index >= 15 is 0 Å². The summed E-state index contributed by atoms with van der Waals surface area (Å²) in [6.07, 6.45) is -4.79. The number of aliphatic hydroxyl groups is 1. The van der Waals surface area contributed by atoms with E-state index in [1.54, 1.807) is 30.3 Å². The molecule has 5 nitrogen and oxygen atoms in total. The first-order chi connectivity index (χ1) is 14.1. The molecule has 0 bridgehead atoms. The Balaban J connectivity index is 2.09. The van der Waals surface area contributed by atoms with Gasteiger partial charge in [-0.2, -0.15) is 0 Å². The van der Waals surface area contributed by atoms with Gasteiger partial charge < -0.3 is 9.84 Å². The van der Waals surface area contributed by atoms with Crippen LogP contribution in [0.5, 0.6) is 5.75 Å². The van der Waals surface area contributed by atoms with Crippen LogP contribution in [0.2, 0.25) is 0 Å². The average Bonchev–Trinajstić information content (AvgIpc) is 2.92. The lowest BCUT2D eigenvalue weighted by Crippen LogP contribution is -2.31. The standard InChI is InChI=1S/C22H20F3NO4/c1-13(2)11-17(27)18-19(14-7-4-3-5-8-14)26(21(29)20(18)28)15-9-6-10-16(12-15)30-22(23,24)25/h3-10,12-13,19,28H,11H2,1-2H3. The average molecular weight is 419 g/mol. The van der Waals surface area contributed by atoms with Gasteiger partial charge in [-0.15, -0.1) is 13.2 Å². The van der Waals surface area contributed by atoms with Gasteiger partial charge in [-0.25, -0.2) is 0 Å². The minimum absolute atomic E-state index is 0.0121. The molecule has 1 N–H and O–H groups in total. The number of Topliss-reactive ketones (excluding diaryl/α,β-unsaturated/α-hetero) is 1. The Labute approximate surface area is 171 Å². The first-order valence-electron chi connectivity index (χ1n) is 9.29. The molecule has 8 heteroatoms. The number of hydrogen-bond acceptors (Lipinski definition) is 4. The summed E-state index contributed by atoms with van der Waals surface area (Å²) in [5.41, 5.74) is 0.542. The van der Waals surface area contributed by atoms with E-state index in [1.807, 2.05) is 13.8 Å². The van der Waals surface area contributed by atoms with Gasteiger partial charge in [0.25, 0.3) is 5.91 Å². The lowest BCUT2D eigenvalue weighted by molar-refractivity contribution is -0.274. The third kappa shape index (κ3) is 4.48. The Morgan fingerprint density at radius 2 is 1.80 bits per heavy atom. The molecule has 0 aliphatic carbocycles. The van der Waals surface area contributed by atoms with E-state index < -0.39 is 35.6 Å². The van der Waals surface area contributed by atoms with Crippen molar-refractivity contribution >= 4 is 17.4 Å². The lowest BCUT2D eigenvalue weighted by Gasteiger charge is -2.27. The fourth-order valence-electron chi connectivity index (χ4n) is 3.42. The van der Waals surface area contributed by atoms with Crippen molar-refractivity contribution in [1.29, 1.82) is 0 Å². The summed E-state index contributed by atoms with van der Waals surface area (Å²) in [6, 6.07) is 12.4. The molecule has 2 aromatic carbocycles. The highest BCUT2D eigenvalue weighted by Crippen LogP contribution is 2.42. The molecule has 30 heavy (non-hydrogen) atoms. The minimum atomic E-state index is -4.90. The van der Waals surface area contributed by atoms with Crippen LogP contribution in [0.15, 0.2) is 65.9 Å². The van der Waals surface area contributed by atoms with Gasteiger partial charge in [-0.1, -0.05) is 50.2 Å². The maximum Gasteiger partial charge on any atom is 0.573 e. The number of benzene rings is 2. The molecule has 3 rings (SSSR count). The molecule has 2 aromatic rings. The Morgan fingerprint density at radius 1 is 1.13 bits per heavy atom. The molecule has 1 aliphatic rings. The zero-order valence-electron chi connectivity index (χ0n) is 16.3. The lowest BCUT2D eigenvalue weighted by atomic mass is 9.92. The summed E-state index contributed by atoms with van der Waals surface area (Å²) in [6.45, 7) is 3.67. The number of rotatable bonds is 6. The van der Waals surface area contributed by atoms with Crippen LogP contribution in [0, 0.1) is 5.92 Å². The van der Waals surface area contributed by atoms with Crippen molar-refractivity contribution in [1.82, 2.24) is 0 Å². The molecule has 0 fully saturated rings. The normalized spacial score (nSPS) is 17.1. The SMILES string of the molecule is CC(C)CC(=O)C1=C(O)C(=O)N(c2cccc(OC(F)(F)F)c2)C1c1ccccc1. The number of amides is 1. The maximum absolute atomic E-state index is 12.9. The van der Waals surface area contributed by atoms with Crippen molar-refractivity contribution < 1.29 is 32.6 Å². The summed E-state index contributed by atoms with van der Waals surface area (Å²) in [4.78, 5) is 26.9. The zero-order chi connectivity index (χ0) is 22.1. The predicted octanol–water partition coefficient (Wildman–Crippen LogP) is 5.10. The molecule has 158 valence electrons. The number of ketones is 1. The summed E-state index contributed by atoms with van der Waals surface area (Å²) in [5, 5.41) is 10.5. The monoisotopic (exact) mass is 419 g/mol. The number of aliphatic hydroxyl groups excluding tert-OH is 1. The van der Waals surface area contributed by atoms with Crippen LogP contribution >= 0.6 is 0 Å². The van der Waals surface area contributed by atoms with E-state index in [2.05, 4.69) is 4.74 Å². The number of hydrogen-bond donors (Lipinski definition) is 1. The fourth-order valence-corrected chi connectivity index (χ4v) is 3.42. The van der Waals surface area contributed by atoms with Gasteiger partial charge in [0.1, 0.15) is 5.75 Å². The van der Waals surface area contributed by atoms with Crippen LogP contribution in [0.1, 0.15) is 31.9 Å². The Hall–Kier alpha value is -3.29. The second-order valence-electron chi connectivity index (χ2n) is 7.32. The highest BCUT2D eigenvalue weighted by molar-refractivity contribution is 6.16. The number of halogens is 3. The molecule has 1 atom stereocenters. The van der Waals surface area contributed by atoms with E-state index in [0.717, 1.165) is 17.0 Å². The number of anilines is 1. The zero-order valence-corrected chi connectivity index (χ0v) is 16.3. The Kier molecular flexibility index (Phi) is 5.87. The van der Waals surface area contributed by atoms with E-state index in [-0.39, 0.29) is 23.6 Å². The van der Waals surface area contributed by atoms with Crippen molar-refractivity contribution in [3.05, 3.63) is 71.5 Å². The van der Waals surface area contributed by atoms with Crippen LogP contribution in [-0.4, -0.2) is 23.2 Å². The second kappa shape index (κ2) is 8.22. The van der Waals surface area contributed by atoms with E-state index in [0.29, 0.717) is 5.56 Å². The summed E-state index contributed by atoms with van der Waals surface area (Å²) < 4.78 is 41.8. The molecule has 0 saturated heterocycles. The van der Waals surface area contributed by atoms with E-state index in [1.165, 1.54) is 12.1 Å². The fraction of sp³-hybridized carbons (Fsp3) is 0.273. The summed E-state index contributed by atoms with van der Waals surface area (Å²) in [7, 11) is 0. The maximum atomic E-state index is 12.9. The third-order valence-corrected chi connectivity index (χ3v) is 4.55. The van der Waals surface area contributed by atoms with Gasteiger partial charge in [0.2, 0.25) is 0 Å². The van der Waals surface area contributed by atoms with Crippen molar-refractivity contribution in [2.75, 3.05) is 4.90 Å². The molecule has 1 aliphatic heterocycles. The van der Waals surface area contributed by atoms with Gasteiger partial charge in [0, 0.05) is 18.2 Å². The largest absolute Gasteiger partial charge is 0.573 e. The number of alkyl halides is 3. The first kappa shape index (κ1) is 21.4. The smallest absolute Gasteiger partial charge is 0.503 e. The van der Waals surface area contributed by atoms with Gasteiger partial charge in [0.05, 0.1) is 11.6 Å². The summed E-state index contributed by atoms with van der Waals surface area (Å²) >= 11 is 0. The number of carbonyl (C=O) groups excluding carboxylic acids is 2. The number of carbonyl (C=O) groups is 2. The molecule has 0 saturated carbocycles. The van der Waals surface area contributed by atoms with Crippen molar-refractivity contribution in [2.24, 2.45) is 5.92 Å². The predicted molar refractivity (Wildman–Crippen MR) is 104 cm³/mol. The topological polar surface area (TPSA) is 66.8 Å². The quantitative estimate of drug-likeness (QED) is 0.708. The van der Waals surface area contributed by atoms with Crippen molar-refractivity contribution in [3.63, 3.8) is 0 Å². The molecular weight excluding hydrogens is 399 g/mol. The van der Waals surface area contributed by atoms with E-state index in [9.17, 15) is 27.9 Å². The first-order valence-corrected chi connectivity index (χ1v) is 9.29. The Bertz CT molecular complexity index is 983. The van der Waals surface area contributed by atoms with E-state index in [4.69, 9.17) is 0 Å². The molecular formula is C22H20F3NO4. The van der Waals surface area contributed by atoms with Crippen molar-refractivity contribution in [2.45, 2.75) is 32.7 Å². The highest BCUT2D eigenvalue weighted by atomic mass is 19.4. The van der Waals surface area contributed by atoms with Gasteiger partial charge in [-0.3, -0.25) is 14.5 Å². The Morgan fingerprint density at radius 3 is 2.40 bits per heavy atom. The van der Waals surface area contributed by atoms with Gasteiger partial charge in [-0.05, 0) is 23.6 Å². The van der Waals surface area contributed by atoms with Crippen LogP contribution < -0.4 is 9.64 Å². The molecule has 0 spiro atoms. The molecule has 1 heterocycles. The molecule has 0 radical (unpaired) electrons. The molecule has 0 aromatic heterocycles. The van der Waals surface area contributed by atoms with Crippen LogP contribution in [0.25, 0.3) is 0 Å². The van der Waals surface area contributed by atoms with Crippen LogP contribution in [0.4, 0.5) is 18.9 Å². The minimum Gasteiger partial charge on any atom is -0.503 e. The number of ether oxygens (including phenoxy) is 1. The van der Waals surface area contributed by atoms with Crippen LogP contribution in [-0.2, 0) is 9.59 Å². The third-order valence-electron chi connectivity index (χ3n) is 4.55. The highest BCUT2D eigenvalue weighted by Gasteiger charge is 2.44.